The van der Waals surface area contributed by atoms with Crippen molar-refractivity contribution in [2.24, 2.45) is 11.8 Å². The molecule has 1 aromatic carbocycles. The first-order valence-electron chi connectivity index (χ1n) is 14.8. The van der Waals surface area contributed by atoms with Gasteiger partial charge in [0.25, 0.3) is 0 Å². The van der Waals surface area contributed by atoms with E-state index in [0.29, 0.717) is 29.8 Å². The van der Waals surface area contributed by atoms with Crippen LogP contribution in [0.15, 0.2) is 59.5 Å². The molecule has 0 spiro atoms. The van der Waals surface area contributed by atoms with Crippen LogP contribution in [-0.2, 0) is 0 Å². The molecule has 1 heterocycles. The number of hydrogen-bond donors (Lipinski definition) is 0. The Balaban J connectivity index is 1.60. The summed E-state index contributed by atoms with van der Waals surface area (Å²) in [5, 5.41) is 9.64. The summed E-state index contributed by atoms with van der Waals surface area (Å²) in [4.78, 5) is 4.66. The number of allylic oxidation sites excluding steroid dienone is 4. The molecule has 38 heavy (non-hydrogen) atoms. The Morgan fingerprint density at radius 1 is 1.03 bits per heavy atom. The van der Waals surface area contributed by atoms with Crippen LogP contribution in [0.2, 0.25) is 0 Å². The Hall–Kier alpha value is -3.06. The molecule has 4 rings (SSSR count). The van der Waals surface area contributed by atoms with Crippen molar-refractivity contribution in [3.63, 3.8) is 0 Å². The molecule has 0 N–H and O–H groups in total. The number of unbranched alkanes of at least 4 members (excludes halogenated alkanes) is 4. The van der Waals surface area contributed by atoms with Gasteiger partial charge in [-0.2, -0.15) is 5.26 Å². The Labute approximate surface area is 229 Å². The van der Waals surface area contributed by atoms with Gasteiger partial charge in [-0.15, -0.1) is 0 Å². The summed E-state index contributed by atoms with van der Waals surface area (Å²) in [6, 6.07) is 11.8. The minimum Gasteiger partial charge on any atom is -0.493 e. The first kappa shape index (κ1) is 28.0. The van der Waals surface area contributed by atoms with Gasteiger partial charge in [-0.1, -0.05) is 57.9 Å². The van der Waals surface area contributed by atoms with Crippen LogP contribution in [0, 0.1) is 23.2 Å². The number of pyridine rings is 1. The molecular weight excluding hydrogens is 468 g/mol. The number of ether oxygens (including phenoxy) is 2. The third-order valence-corrected chi connectivity index (χ3v) is 7.75. The quantitative estimate of drug-likeness (QED) is 0.281. The predicted octanol–water partition coefficient (Wildman–Crippen LogP) is 9.56. The smallest absolute Gasteiger partial charge is 0.137 e. The van der Waals surface area contributed by atoms with Crippen LogP contribution < -0.4 is 9.47 Å². The number of aromatic nitrogens is 1. The van der Waals surface area contributed by atoms with Crippen molar-refractivity contribution in [2.45, 2.75) is 97.8 Å². The highest BCUT2D eigenvalue weighted by Gasteiger charge is 2.27. The van der Waals surface area contributed by atoms with E-state index in [0.717, 1.165) is 35.6 Å². The minimum atomic E-state index is 0.551. The molecule has 1 saturated carbocycles. The molecule has 2 aliphatic carbocycles. The van der Waals surface area contributed by atoms with Crippen molar-refractivity contribution in [1.82, 2.24) is 4.98 Å². The zero-order chi connectivity index (χ0) is 26.7. The fourth-order valence-corrected chi connectivity index (χ4v) is 5.33. The molecule has 1 unspecified atom stereocenters. The van der Waals surface area contributed by atoms with Gasteiger partial charge in [0.1, 0.15) is 17.3 Å². The third-order valence-electron chi connectivity index (χ3n) is 7.75. The number of benzene rings is 1. The van der Waals surface area contributed by atoms with Gasteiger partial charge in [0, 0.05) is 24.2 Å². The number of nitrogens with zero attached hydrogens (tertiary/aromatic N) is 2. The molecule has 0 aliphatic heterocycles. The summed E-state index contributed by atoms with van der Waals surface area (Å²) in [6.45, 7) is 7.57. The van der Waals surface area contributed by atoms with E-state index in [9.17, 15) is 5.26 Å². The largest absolute Gasteiger partial charge is 0.493 e. The molecule has 2 aliphatic rings. The van der Waals surface area contributed by atoms with Gasteiger partial charge in [0.05, 0.1) is 23.9 Å². The fraction of sp³-hybridized carbons (Fsp3) is 0.529. The van der Waals surface area contributed by atoms with Crippen LogP contribution >= 0.6 is 0 Å². The second kappa shape index (κ2) is 14.2. The summed E-state index contributed by atoms with van der Waals surface area (Å²) in [7, 11) is 0. The van der Waals surface area contributed by atoms with E-state index >= 15 is 0 Å². The predicted molar refractivity (Wildman–Crippen MR) is 155 cm³/mol. The van der Waals surface area contributed by atoms with Crippen LogP contribution in [-0.4, -0.2) is 11.6 Å². The average molecular weight is 513 g/mol. The normalized spacial score (nSPS) is 21.7. The van der Waals surface area contributed by atoms with Crippen molar-refractivity contribution < 1.29 is 9.47 Å². The summed E-state index contributed by atoms with van der Waals surface area (Å²) in [5.41, 5.74) is 5.26. The van der Waals surface area contributed by atoms with Crippen molar-refractivity contribution in [3.05, 3.63) is 65.1 Å². The highest BCUT2D eigenvalue weighted by molar-refractivity contribution is 5.69. The Morgan fingerprint density at radius 3 is 2.66 bits per heavy atom. The van der Waals surface area contributed by atoms with Crippen molar-refractivity contribution in [3.8, 4) is 28.8 Å². The van der Waals surface area contributed by atoms with Crippen molar-refractivity contribution >= 4 is 0 Å². The number of hydrogen-bond acceptors (Lipinski definition) is 4. The van der Waals surface area contributed by atoms with E-state index < -0.39 is 0 Å². The minimum absolute atomic E-state index is 0.551. The highest BCUT2D eigenvalue weighted by atomic mass is 16.5. The second-order valence-electron chi connectivity index (χ2n) is 11.2. The maximum atomic E-state index is 9.64. The average Bonchev–Trinajstić information content (AvgIpc) is 3.77. The molecule has 1 atom stereocenters. The molecule has 2 aromatic rings. The lowest BCUT2D eigenvalue weighted by Gasteiger charge is -2.20. The van der Waals surface area contributed by atoms with Crippen LogP contribution in [0.3, 0.4) is 0 Å². The number of rotatable bonds is 11. The van der Waals surface area contributed by atoms with Crippen LogP contribution in [0.25, 0.3) is 11.3 Å². The van der Waals surface area contributed by atoms with Gasteiger partial charge < -0.3 is 9.47 Å². The maximum absolute atomic E-state index is 9.64. The fourth-order valence-electron chi connectivity index (χ4n) is 5.33. The first-order chi connectivity index (χ1) is 18.6. The lowest BCUT2D eigenvalue weighted by atomic mass is 9.92. The molecule has 1 fully saturated rings. The molecule has 4 heteroatoms. The van der Waals surface area contributed by atoms with Gasteiger partial charge in [-0.3, -0.25) is 4.98 Å². The van der Waals surface area contributed by atoms with Crippen molar-refractivity contribution in [1.29, 1.82) is 5.26 Å². The van der Waals surface area contributed by atoms with E-state index in [1.807, 2.05) is 30.3 Å². The molecule has 1 aromatic heterocycles. The third kappa shape index (κ3) is 8.22. The van der Waals surface area contributed by atoms with Crippen LogP contribution in [0.5, 0.6) is 11.5 Å². The van der Waals surface area contributed by atoms with Gasteiger partial charge in [-0.05, 0) is 86.8 Å². The number of nitriles is 1. The molecular formula is C34H44N2O2. The second-order valence-corrected chi connectivity index (χ2v) is 11.2. The molecule has 0 bridgehead atoms. The standard InChI is InChI=1S/C34H44N2O2/c1-4-5-6-7-10-19-37-29-17-18-36-33(23-29)31-16-13-27(24-35)21-34(31)38-30-20-25(2)11-8-9-12-26(3)32(22-30)28-14-15-28/h13,16-18,21-23,25,28H,4-12,14-15,19-20H2,1-3H3/b30-22+,32-26+. The van der Waals surface area contributed by atoms with E-state index in [4.69, 9.17) is 9.47 Å². The summed E-state index contributed by atoms with van der Waals surface area (Å²) in [5.74, 6) is 3.73. The molecule has 0 radical (unpaired) electrons. The van der Waals surface area contributed by atoms with Gasteiger partial charge >= 0.3 is 0 Å². The monoisotopic (exact) mass is 512 g/mol. The Kier molecular flexibility index (Phi) is 10.4. The SMILES string of the molecule is CCCCCCCOc1ccnc(-c2ccc(C#N)cc2O/C2=C/C(C3CC3)=C(/C)CCCCC(C)C2)c1. The zero-order valence-electron chi connectivity index (χ0n) is 23.6. The Bertz CT molecular complexity index is 1170. The van der Waals surface area contributed by atoms with Gasteiger partial charge in [0.2, 0.25) is 0 Å². The van der Waals surface area contributed by atoms with Crippen LogP contribution in [0.1, 0.15) is 103 Å². The van der Waals surface area contributed by atoms with E-state index in [1.165, 1.54) is 75.4 Å². The lowest BCUT2D eigenvalue weighted by Crippen LogP contribution is -2.07. The molecule has 0 saturated heterocycles. The van der Waals surface area contributed by atoms with Gasteiger partial charge in [0.15, 0.2) is 0 Å². The highest BCUT2D eigenvalue weighted by Crippen LogP contribution is 2.42. The molecule has 0 amide bonds. The molecule has 202 valence electrons. The van der Waals surface area contributed by atoms with Crippen LogP contribution in [0.4, 0.5) is 0 Å². The summed E-state index contributed by atoms with van der Waals surface area (Å²) in [6.07, 6.45) is 18.5. The topological polar surface area (TPSA) is 55.1 Å². The summed E-state index contributed by atoms with van der Waals surface area (Å²) < 4.78 is 12.8. The lowest BCUT2D eigenvalue weighted by molar-refractivity contribution is 0.304. The van der Waals surface area contributed by atoms with E-state index in [-0.39, 0.29) is 0 Å². The van der Waals surface area contributed by atoms with Crippen molar-refractivity contribution in [2.75, 3.05) is 6.61 Å². The molecule has 4 nitrogen and oxygen atoms in total. The van der Waals surface area contributed by atoms with E-state index in [1.54, 1.807) is 6.20 Å². The first-order valence-corrected chi connectivity index (χ1v) is 14.8. The van der Waals surface area contributed by atoms with Gasteiger partial charge in [-0.25, -0.2) is 0 Å². The summed E-state index contributed by atoms with van der Waals surface area (Å²) >= 11 is 0. The van der Waals surface area contributed by atoms with E-state index in [2.05, 4.69) is 37.9 Å². The zero-order valence-corrected chi connectivity index (χ0v) is 23.6. The maximum Gasteiger partial charge on any atom is 0.137 e. The Morgan fingerprint density at radius 2 is 1.87 bits per heavy atom.